The van der Waals surface area contributed by atoms with E-state index >= 15 is 0 Å². The molecule has 108 valence electrons. The van der Waals surface area contributed by atoms with Crippen molar-refractivity contribution in [3.05, 3.63) is 36.3 Å². The van der Waals surface area contributed by atoms with Crippen LogP contribution in [0.3, 0.4) is 0 Å². The first-order chi connectivity index (χ1) is 9.74. The Bertz CT molecular complexity index is 526. The van der Waals surface area contributed by atoms with Crippen LogP contribution in [0.25, 0.3) is 0 Å². The molecule has 0 radical (unpaired) electrons. The molecular formula is C15H21N3O2. The number of pyridine rings is 1. The molecule has 0 atom stereocenters. The molecule has 5 nitrogen and oxygen atoms in total. The number of ether oxygens (including phenoxy) is 1. The highest BCUT2D eigenvalue weighted by Crippen LogP contribution is 2.24. The van der Waals surface area contributed by atoms with Gasteiger partial charge < -0.3 is 19.8 Å². The van der Waals surface area contributed by atoms with E-state index in [1.54, 1.807) is 6.26 Å². The van der Waals surface area contributed by atoms with E-state index < -0.39 is 0 Å². The summed E-state index contributed by atoms with van der Waals surface area (Å²) in [5.41, 5.74) is 6.45. The third-order valence-corrected chi connectivity index (χ3v) is 2.95. The Balaban J connectivity index is 2.16. The zero-order valence-corrected chi connectivity index (χ0v) is 12.0. The van der Waals surface area contributed by atoms with Crippen LogP contribution in [-0.2, 0) is 6.54 Å². The van der Waals surface area contributed by atoms with Gasteiger partial charge in [-0.25, -0.2) is 0 Å². The standard InChI is InChI=1S/C15H21N3O2/c1-3-9-20-15-13(16)7-8-14(17-15)18(4-2)11-12-6-5-10-19-12/h5-8,10H,3-4,9,11,16H2,1-2H3. The fourth-order valence-corrected chi connectivity index (χ4v) is 1.88. The molecule has 0 saturated heterocycles. The van der Waals surface area contributed by atoms with E-state index in [0.29, 0.717) is 24.7 Å². The number of nitrogen functional groups attached to an aromatic ring is 1. The lowest BCUT2D eigenvalue weighted by Crippen LogP contribution is -2.23. The highest BCUT2D eigenvalue weighted by Gasteiger charge is 2.11. The van der Waals surface area contributed by atoms with E-state index in [4.69, 9.17) is 14.9 Å². The largest absolute Gasteiger partial charge is 0.476 e. The predicted molar refractivity (Wildman–Crippen MR) is 79.9 cm³/mol. The van der Waals surface area contributed by atoms with Gasteiger partial charge in [-0.2, -0.15) is 4.98 Å². The monoisotopic (exact) mass is 275 g/mol. The molecule has 0 spiro atoms. The third kappa shape index (κ3) is 3.44. The molecule has 0 aliphatic carbocycles. The smallest absolute Gasteiger partial charge is 0.239 e. The normalized spacial score (nSPS) is 10.5. The van der Waals surface area contributed by atoms with Crippen molar-refractivity contribution in [2.45, 2.75) is 26.8 Å². The lowest BCUT2D eigenvalue weighted by atomic mass is 10.3. The first-order valence-corrected chi connectivity index (χ1v) is 6.91. The molecule has 2 N–H and O–H groups in total. The maximum atomic E-state index is 5.88. The van der Waals surface area contributed by atoms with Gasteiger partial charge in [0.2, 0.25) is 5.88 Å². The Morgan fingerprint density at radius 2 is 2.15 bits per heavy atom. The average molecular weight is 275 g/mol. The van der Waals surface area contributed by atoms with Crippen LogP contribution in [-0.4, -0.2) is 18.1 Å². The molecule has 2 aromatic rings. The summed E-state index contributed by atoms with van der Waals surface area (Å²) in [6.45, 7) is 6.24. The van der Waals surface area contributed by atoms with Crippen LogP contribution in [0.5, 0.6) is 5.88 Å². The fourth-order valence-electron chi connectivity index (χ4n) is 1.88. The number of hydrogen-bond donors (Lipinski definition) is 1. The summed E-state index contributed by atoms with van der Waals surface area (Å²) in [7, 11) is 0. The average Bonchev–Trinajstić information content (AvgIpc) is 2.97. The first kappa shape index (κ1) is 14.2. The number of nitrogens with zero attached hydrogens (tertiary/aromatic N) is 2. The molecule has 0 amide bonds. The minimum Gasteiger partial charge on any atom is -0.476 e. The summed E-state index contributed by atoms with van der Waals surface area (Å²) >= 11 is 0. The molecule has 0 aromatic carbocycles. The maximum absolute atomic E-state index is 5.88. The minimum absolute atomic E-state index is 0.502. The van der Waals surface area contributed by atoms with Gasteiger partial charge in [-0.05, 0) is 37.6 Å². The van der Waals surface area contributed by atoms with E-state index in [1.807, 2.05) is 24.3 Å². The van der Waals surface area contributed by atoms with E-state index in [9.17, 15) is 0 Å². The molecule has 2 heterocycles. The van der Waals surface area contributed by atoms with Crippen molar-refractivity contribution in [2.75, 3.05) is 23.8 Å². The molecule has 2 aromatic heterocycles. The molecule has 0 fully saturated rings. The zero-order valence-electron chi connectivity index (χ0n) is 12.0. The van der Waals surface area contributed by atoms with Crippen molar-refractivity contribution < 1.29 is 9.15 Å². The van der Waals surface area contributed by atoms with Crippen molar-refractivity contribution in [1.82, 2.24) is 4.98 Å². The van der Waals surface area contributed by atoms with Crippen molar-refractivity contribution in [3.8, 4) is 5.88 Å². The quantitative estimate of drug-likeness (QED) is 0.841. The number of furan rings is 1. The van der Waals surface area contributed by atoms with Crippen LogP contribution < -0.4 is 15.4 Å². The summed E-state index contributed by atoms with van der Waals surface area (Å²) in [5, 5.41) is 0. The third-order valence-electron chi connectivity index (χ3n) is 2.95. The number of nitrogens with two attached hydrogens (primary N) is 1. The Labute approximate surface area is 119 Å². The maximum Gasteiger partial charge on any atom is 0.239 e. The zero-order chi connectivity index (χ0) is 14.4. The van der Waals surface area contributed by atoms with Crippen LogP contribution in [0.1, 0.15) is 26.0 Å². The second-order valence-electron chi connectivity index (χ2n) is 4.51. The van der Waals surface area contributed by atoms with Gasteiger partial charge in [0.25, 0.3) is 0 Å². The highest BCUT2D eigenvalue weighted by atomic mass is 16.5. The Morgan fingerprint density at radius 1 is 1.30 bits per heavy atom. The van der Waals surface area contributed by atoms with Crippen molar-refractivity contribution >= 4 is 11.5 Å². The van der Waals surface area contributed by atoms with E-state index in [0.717, 1.165) is 24.5 Å². The van der Waals surface area contributed by atoms with Crippen molar-refractivity contribution in [3.63, 3.8) is 0 Å². The number of aromatic nitrogens is 1. The van der Waals surface area contributed by atoms with Crippen LogP contribution in [0, 0.1) is 0 Å². The predicted octanol–water partition coefficient (Wildman–Crippen LogP) is 3.07. The van der Waals surface area contributed by atoms with E-state index in [1.165, 1.54) is 0 Å². The molecule has 0 bridgehead atoms. The van der Waals surface area contributed by atoms with E-state index in [2.05, 4.69) is 23.7 Å². The highest BCUT2D eigenvalue weighted by molar-refractivity contribution is 5.54. The minimum atomic E-state index is 0.502. The molecule has 0 unspecified atom stereocenters. The summed E-state index contributed by atoms with van der Waals surface area (Å²) < 4.78 is 11.0. The van der Waals surface area contributed by atoms with Gasteiger partial charge in [-0.3, -0.25) is 0 Å². The molecule has 0 aliphatic rings. The van der Waals surface area contributed by atoms with Gasteiger partial charge in [-0.1, -0.05) is 6.92 Å². The fraction of sp³-hybridized carbons (Fsp3) is 0.400. The van der Waals surface area contributed by atoms with Crippen LogP contribution in [0.15, 0.2) is 34.9 Å². The van der Waals surface area contributed by atoms with E-state index in [-0.39, 0.29) is 0 Å². The Kier molecular flexibility index (Phi) is 4.87. The topological polar surface area (TPSA) is 64.5 Å². The molecule has 20 heavy (non-hydrogen) atoms. The Morgan fingerprint density at radius 3 is 2.80 bits per heavy atom. The van der Waals surface area contributed by atoms with Gasteiger partial charge >= 0.3 is 0 Å². The number of hydrogen-bond acceptors (Lipinski definition) is 5. The summed E-state index contributed by atoms with van der Waals surface area (Å²) in [6.07, 6.45) is 2.60. The molecule has 2 rings (SSSR count). The lowest BCUT2D eigenvalue weighted by Gasteiger charge is -2.21. The van der Waals surface area contributed by atoms with Gasteiger partial charge in [0.15, 0.2) is 0 Å². The van der Waals surface area contributed by atoms with Crippen LogP contribution >= 0.6 is 0 Å². The van der Waals surface area contributed by atoms with Gasteiger partial charge in [0.1, 0.15) is 11.6 Å². The van der Waals surface area contributed by atoms with Crippen LogP contribution in [0.4, 0.5) is 11.5 Å². The summed E-state index contributed by atoms with van der Waals surface area (Å²) in [4.78, 5) is 6.61. The first-order valence-electron chi connectivity index (χ1n) is 6.91. The van der Waals surface area contributed by atoms with Gasteiger partial charge in [0.05, 0.1) is 25.1 Å². The second kappa shape index (κ2) is 6.84. The second-order valence-corrected chi connectivity index (χ2v) is 4.51. The molecule has 5 heteroatoms. The molecule has 0 saturated carbocycles. The van der Waals surface area contributed by atoms with Crippen LogP contribution in [0.2, 0.25) is 0 Å². The molecular weight excluding hydrogens is 254 g/mol. The molecule has 0 aliphatic heterocycles. The Hall–Kier alpha value is -2.17. The van der Waals surface area contributed by atoms with Gasteiger partial charge in [-0.15, -0.1) is 0 Å². The lowest BCUT2D eigenvalue weighted by molar-refractivity contribution is 0.307. The van der Waals surface area contributed by atoms with Gasteiger partial charge in [0, 0.05) is 6.54 Å². The van der Waals surface area contributed by atoms with Crippen molar-refractivity contribution in [2.24, 2.45) is 0 Å². The summed E-state index contributed by atoms with van der Waals surface area (Å²) in [6, 6.07) is 7.57. The number of anilines is 2. The van der Waals surface area contributed by atoms with Crippen molar-refractivity contribution in [1.29, 1.82) is 0 Å². The summed E-state index contributed by atoms with van der Waals surface area (Å²) in [5.74, 6) is 2.24. The number of rotatable bonds is 7. The SMILES string of the molecule is CCCOc1nc(N(CC)Cc2ccco2)ccc1N.